The maximum absolute atomic E-state index is 9.66. The van der Waals surface area contributed by atoms with Crippen molar-refractivity contribution in [1.29, 1.82) is 0 Å². The first-order chi connectivity index (χ1) is 9.33. The third-order valence-corrected chi connectivity index (χ3v) is 3.07. The fourth-order valence-electron chi connectivity index (χ4n) is 2.06. The lowest BCUT2D eigenvalue weighted by Gasteiger charge is -2.14. The summed E-state index contributed by atoms with van der Waals surface area (Å²) in [5.41, 5.74) is 2.90. The Kier molecular flexibility index (Phi) is 3.29. The number of ether oxygens (including phenoxy) is 1. The van der Waals surface area contributed by atoms with Crippen molar-refractivity contribution in [3.63, 3.8) is 0 Å². The maximum Gasteiger partial charge on any atom is 0.489 e. The molecule has 2 aromatic carbocycles. The van der Waals surface area contributed by atoms with Gasteiger partial charge in [-0.3, -0.25) is 0 Å². The van der Waals surface area contributed by atoms with E-state index < -0.39 is 7.05 Å². The zero-order valence-corrected chi connectivity index (χ0v) is 10.4. The Labute approximate surface area is 111 Å². The first-order valence-electron chi connectivity index (χ1n) is 6.17. The molecule has 0 atom stereocenters. The summed E-state index contributed by atoms with van der Waals surface area (Å²) in [6.07, 6.45) is 0. The second-order valence-corrected chi connectivity index (χ2v) is 4.42. The van der Waals surface area contributed by atoms with Gasteiger partial charge in [0.15, 0.2) is 0 Å². The zero-order chi connectivity index (χ0) is 13.1. The summed E-state index contributed by atoms with van der Waals surface area (Å²) in [5.74, 6) is 0.784. The molecule has 1 aliphatic rings. The molecule has 19 heavy (non-hydrogen) atoms. The monoisotopic (exact) mass is 252 g/mol. The lowest BCUT2D eigenvalue weighted by atomic mass is 9.72. The van der Waals surface area contributed by atoms with Crippen LogP contribution >= 0.6 is 0 Å². The number of benzene rings is 2. The van der Waals surface area contributed by atoms with Gasteiger partial charge in [0.2, 0.25) is 0 Å². The minimum atomic E-state index is -0.841. The fraction of sp³-hybridized carbons (Fsp3) is 0.143. The van der Waals surface area contributed by atoms with Gasteiger partial charge in [0.05, 0.1) is 6.54 Å². The molecule has 0 spiro atoms. The Hall–Kier alpha value is -2.14. The Balaban J connectivity index is 1.73. The lowest BCUT2D eigenvalue weighted by molar-refractivity contribution is 0.306. The number of hydrogen-bond acceptors (Lipinski definition) is 4. The molecule has 4 nitrogen and oxygen atoms in total. The van der Waals surface area contributed by atoms with Crippen LogP contribution in [-0.4, -0.2) is 12.1 Å². The second kappa shape index (κ2) is 5.24. The van der Waals surface area contributed by atoms with Crippen molar-refractivity contribution in [3.05, 3.63) is 59.7 Å². The summed E-state index contributed by atoms with van der Waals surface area (Å²) in [7, 11) is -0.841. The summed E-state index contributed by atoms with van der Waals surface area (Å²) in [6.45, 7) is 1.03. The molecule has 0 bridgehead atoms. The van der Waals surface area contributed by atoms with Crippen molar-refractivity contribution in [2.75, 3.05) is 0 Å². The van der Waals surface area contributed by atoms with Crippen LogP contribution in [0, 0.1) is 0 Å². The van der Waals surface area contributed by atoms with Gasteiger partial charge in [-0.1, -0.05) is 36.4 Å². The molecule has 0 amide bonds. The van der Waals surface area contributed by atoms with Gasteiger partial charge in [-0.05, 0) is 28.7 Å². The smallest absolute Gasteiger partial charge is 0.489 e. The van der Waals surface area contributed by atoms with Crippen LogP contribution in [0.25, 0.3) is 0 Å². The van der Waals surface area contributed by atoms with Gasteiger partial charge in [0, 0.05) is 0 Å². The van der Waals surface area contributed by atoms with Crippen molar-refractivity contribution < 1.29 is 9.76 Å². The normalized spacial score (nSPS) is 13.2. The molecule has 0 saturated carbocycles. The van der Waals surface area contributed by atoms with Crippen LogP contribution in [-0.2, 0) is 13.2 Å². The molecule has 1 heterocycles. The minimum Gasteiger partial charge on any atom is -0.489 e. The summed E-state index contributed by atoms with van der Waals surface area (Å²) in [4.78, 5) is 0. The zero-order valence-electron chi connectivity index (χ0n) is 10.4. The lowest BCUT2D eigenvalue weighted by Crippen LogP contribution is -2.33. The molecule has 0 aromatic heterocycles. The minimum absolute atomic E-state index is 0.495. The molecule has 1 N–H and O–H groups in total. The molecule has 0 saturated heterocycles. The molecular weight excluding hydrogens is 239 g/mol. The molecule has 5 heteroatoms. The van der Waals surface area contributed by atoms with Crippen LogP contribution < -0.4 is 10.2 Å². The van der Waals surface area contributed by atoms with Crippen molar-refractivity contribution in [2.24, 2.45) is 10.1 Å². The van der Waals surface area contributed by atoms with Crippen LogP contribution in [0.5, 0.6) is 5.75 Å². The van der Waals surface area contributed by atoms with E-state index >= 15 is 0 Å². The standard InChI is InChI=1S/C14H13BN2O2/c18-15-14-7-6-13(8-12(14)9-16-17-15)19-10-11-4-2-1-3-5-11/h1-8,18H,9-10H2. The highest BCUT2D eigenvalue weighted by Gasteiger charge is 2.22. The van der Waals surface area contributed by atoms with Crippen molar-refractivity contribution >= 4 is 12.5 Å². The molecule has 2 aromatic rings. The first kappa shape index (κ1) is 11.9. The van der Waals surface area contributed by atoms with Gasteiger partial charge in [-0.2, -0.15) is 0 Å². The number of nitrogens with zero attached hydrogens (tertiary/aromatic N) is 2. The van der Waals surface area contributed by atoms with Gasteiger partial charge in [-0.25, -0.2) is 10.1 Å². The predicted molar refractivity (Wildman–Crippen MR) is 73.4 cm³/mol. The number of hydrogen-bond donors (Lipinski definition) is 1. The molecule has 0 radical (unpaired) electrons. The highest BCUT2D eigenvalue weighted by Crippen LogP contribution is 2.17. The van der Waals surface area contributed by atoms with Crippen LogP contribution in [0.2, 0.25) is 0 Å². The van der Waals surface area contributed by atoms with Crippen LogP contribution in [0.15, 0.2) is 58.7 Å². The second-order valence-electron chi connectivity index (χ2n) is 4.42. The Morgan fingerprint density at radius 3 is 2.84 bits per heavy atom. The summed E-state index contributed by atoms with van der Waals surface area (Å²) >= 11 is 0. The summed E-state index contributed by atoms with van der Waals surface area (Å²) in [6, 6.07) is 15.6. The van der Waals surface area contributed by atoms with E-state index in [1.807, 2.05) is 48.5 Å². The van der Waals surface area contributed by atoms with Crippen LogP contribution in [0.1, 0.15) is 11.1 Å². The molecule has 0 aliphatic carbocycles. The van der Waals surface area contributed by atoms with Gasteiger partial charge >= 0.3 is 7.05 Å². The van der Waals surface area contributed by atoms with Gasteiger partial charge in [0.1, 0.15) is 12.4 Å². The number of fused-ring (bicyclic) bond motifs is 1. The fourth-order valence-corrected chi connectivity index (χ4v) is 2.06. The highest BCUT2D eigenvalue weighted by atomic mass is 16.5. The van der Waals surface area contributed by atoms with Crippen molar-refractivity contribution in [2.45, 2.75) is 13.2 Å². The maximum atomic E-state index is 9.66. The summed E-state index contributed by atoms with van der Waals surface area (Å²) < 4.78 is 5.74. The summed E-state index contributed by atoms with van der Waals surface area (Å²) in [5, 5.41) is 17.3. The Bertz CT molecular complexity index is 602. The van der Waals surface area contributed by atoms with Crippen LogP contribution in [0.4, 0.5) is 0 Å². The average Bonchev–Trinajstić information content (AvgIpc) is 2.46. The molecule has 0 unspecified atom stereocenters. The van der Waals surface area contributed by atoms with Gasteiger partial charge in [-0.15, -0.1) is 0 Å². The SMILES string of the molecule is OB1N=NCc2cc(OCc3ccccc3)ccc21. The van der Waals surface area contributed by atoms with E-state index in [2.05, 4.69) is 10.1 Å². The molecule has 0 fully saturated rings. The third kappa shape index (κ3) is 2.66. The third-order valence-electron chi connectivity index (χ3n) is 3.07. The van der Waals surface area contributed by atoms with Crippen molar-refractivity contribution in [3.8, 4) is 5.75 Å². The topological polar surface area (TPSA) is 54.2 Å². The van der Waals surface area contributed by atoms with Gasteiger partial charge < -0.3 is 9.76 Å². The Morgan fingerprint density at radius 1 is 1.16 bits per heavy atom. The van der Waals surface area contributed by atoms with Crippen molar-refractivity contribution in [1.82, 2.24) is 0 Å². The van der Waals surface area contributed by atoms with E-state index in [9.17, 15) is 5.02 Å². The van der Waals surface area contributed by atoms with E-state index in [0.29, 0.717) is 13.2 Å². The Morgan fingerprint density at radius 2 is 2.00 bits per heavy atom. The van der Waals surface area contributed by atoms with E-state index in [-0.39, 0.29) is 0 Å². The predicted octanol–water partition coefficient (Wildman–Crippen LogP) is 1.92. The molecule has 3 rings (SSSR count). The molecular formula is C14H13BN2O2. The van der Waals surface area contributed by atoms with E-state index in [1.165, 1.54) is 0 Å². The van der Waals surface area contributed by atoms with E-state index in [0.717, 1.165) is 22.3 Å². The molecule has 1 aliphatic heterocycles. The quantitative estimate of drug-likeness (QED) is 0.848. The van der Waals surface area contributed by atoms with E-state index in [4.69, 9.17) is 4.74 Å². The van der Waals surface area contributed by atoms with Crippen LogP contribution in [0.3, 0.4) is 0 Å². The van der Waals surface area contributed by atoms with E-state index in [1.54, 1.807) is 0 Å². The molecule has 94 valence electrons. The number of rotatable bonds is 3. The highest BCUT2D eigenvalue weighted by molar-refractivity contribution is 6.64. The first-order valence-corrected chi connectivity index (χ1v) is 6.17. The van der Waals surface area contributed by atoms with Gasteiger partial charge in [0.25, 0.3) is 0 Å². The largest absolute Gasteiger partial charge is 0.489 e. The average molecular weight is 252 g/mol.